The SMILES string of the molecule is O=C1CCC2CC3CCCCC(C3)CC(CC1)C2. The Morgan fingerprint density at radius 3 is 1.44 bits per heavy atom. The Kier molecular flexibility index (Phi) is 4.06. The fourth-order valence-electron chi connectivity index (χ4n) is 4.93. The molecular weight excluding hydrogens is 220 g/mol. The molecule has 1 nitrogen and oxygen atoms in total. The first kappa shape index (κ1) is 12.7. The van der Waals surface area contributed by atoms with Gasteiger partial charge < -0.3 is 0 Å². The summed E-state index contributed by atoms with van der Waals surface area (Å²) in [5.41, 5.74) is 0. The molecule has 4 bridgehead atoms. The smallest absolute Gasteiger partial charge is 0.132 e. The first-order chi connectivity index (χ1) is 8.79. The lowest BCUT2D eigenvalue weighted by Gasteiger charge is -2.34. The zero-order valence-electron chi connectivity index (χ0n) is 11.7. The monoisotopic (exact) mass is 248 g/mol. The first-order valence-electron chi connectivity index (χ1n) is 8.31. The molecule has 0 spiro atoms. The first-order valence-corrected chi connectivity index (χ1v) is 8.31. The quantitative estimate of drug-likeness (QED) is 0.605. The van der Waals surface area contributed by atoms with Crippen LogP contribution in [0.5, 0.6) is 0 Å². The van der Waals surface area contributed by atoms with E-state index in [0.717, 1.165) is 36.5 Å². The minimum Gasteiger partial charge on any atom is -0.300 e. The highest BCUT2D eigenvalue weighted by Gasteiger charge is 2.31. The highest BCUT2D eigenvalue weighted by atomic mass is 16.1. The Morgan fingerprint density at radius 1 is 0.611 bits per heavy atom. The lowest BCUT2D eigenvalue weighted by Crippen LogP contribution is -2.24. The van der Waals surface area contributed by atoms with Gasteiger partial charge in [-0.05, 0) is 62.2 Å². The fraction of sp³-hybridized carbons (Fsp3) is 0.941. The molecule has 3 aliphatic carbocycles. The molecule has 0 aromatic rings. The van der Waals surface area contributed by atoms with Crippen molar-refractivity contribution in [2.45, 2.75) is 77.0 Å². The molecule has 0 heterocycles. The van der Waals surface area contributed by atoms with Gasteiger partial charge in [-0.3, -0.25) is 4.79 Å². The van der Waals surface area contributed by atoms with E-state index in [1.807, 2.05) is 0 Å². The van der Waals surface area contributed by atoms with Crippen LogP contribution in [0.2, 0.25) is 0 Å². The van der Waals surface area contributed by atoms with Crippen molar-refractivity contribution in [3.8, 4) is 0 Å². The van der Waals surface area contributed by atoms with Crippen LogP contribution in [0.3, 0.4) is 0 Å². The third-order valence-electron chi connectivity index (χ3n) is 5.80. The molecule has 0 saturated heterocycles. The highest BCUT2D eigenvalue weighted by Crippen LogP contribution is 2.43. The summed E-state index contributed by atoms with van der Waals surface area (Å²) in [4.78, 5) is 11.8. The van der Waals surface area contributed by atoms with Crippen molar-refractivity contribution >= 4 is 5.78 Å². The zero-order valence-corrected chi connectivity index (χ0v) is 11.7. The lowest BCUT2D eigenvalue weighted by molar-refractivity contribution is -0.120. The van der Waals surface area contributed by atoms with E-state index in [0.29, 0.717) is 5.78 Å². The maximum Gasteiger partial charge on any atom is 0.132 e. The molecule has 4 atom stereocenters. The summed E-state index contributed by atoms with van der Waals surface area (Å²) in [6.45, 7) is 0. The summed E-state index contributed by atoms with van der Waals surface area (Å²) in [5.74, 6) is 4.30. The van der Waals surface area contributed by atoms with E-state index >= 15 is 0 Å². The molecule has 0 aromatic carbocycles. The maximum absolute atomic E-state index is 11.8. The lowest BCUT2D eigenvalue weighted by atomic mass is 9.71. The minimum atomic E-state index is 0.549. The average Bonchev–Trinajstić information content (AvgIpc) is 2.55. The Hall–Kier alpha value is -0.330. The number of Topliss-reactive ketones (excluding diaryl/α,β-unsaturated/α-hetero) is 1. The van der Waals surface area contributed by atoms with Gasteiger partial charge in [-0.2, -0.15) is 0 Å². The second-order valence-corrected chi connectivity index (χ2v) is 7.31. The zero-order chi connectivity index (χ0) is 12.4. The molecule has 0 aromatic heterocycles. The van der Waals surface area contributed by atoms with E-state index < -0.39 is 0 Å². The Morgan fingerprint density at radius 2 is 1.00 bits per heavy atom. The molecule has 0 N–H and O–H groups in total. The Balaban J connectivity index is 1.73. The van der Waals surface area contributed by atoms with Gasteiger partial charge >= 0.3 is 0 Å². The average molecular weight is 248 g/mol. The predicted octanol–water partition coefficient (Wildman–Crippen LogP) is 4.74. The van der Waals surface area contributed by atoms with Gasteiger partial charge in [0.1, 0.15) is 5.78 Å². The van der Waals surface area contributed by atoms with E-state index in [4.69, 9.17) is 0 Å². The third-order valence-corrected chi connectivity index (χ3v) is 5.80. The summed E-state index contributed by atoms with van der Waals surface area (Å²) in [6.07, 6.45) is 15.9. The fourth-order valence-corrected chi connectivity index (χ4v) is 4.93. The van der Waals surface area contributed by atoms with E-state index in [1.165, 1.54) is 64.2 Å². The topological polar surface area (TPSA) is 17.1 Å². The van der Waals surface area contributed by atoms with E-state index in [2.05, 4.69) is 0 Å². The molecule has 0 amide bonds. The van der Waals surface area contributed by atoms with Gasteiger partial charge in [-0.15, -0.1) is 0 Å². The van der Waals surface area contributed by atoms with Crippen LogP contribution in [0.4, 0.5) is 0 Å². The summed E-state index contributed by atoms with van der Waals surface area (Å²) in [6, 6.07) is 0. The highest BCUT2D eigenvalue weighted by molar-refractivity contribution is 5.78. The summed E-state index contributed by atoms with van der Waals surface area (Å²) in [7, 11) is 0. The van der Waals surface area contributed by atoms with Gasteiger partial charge in [0.25, 0.3) is 0 Å². The summed E-state index contributed by atoms with van der Waals surface area (Å²) >= 11 is 0. The molecule has 3 aliphatic rings. The molecule has 4 unspecified atom stereocenters. The largest absolute Gasteiger partial charge is 0.300 e. The molecule has 3 saturated carbocycles. The van der Waals surface area contributed by atoms with Crippen molar-refractivity contribution in [2.24, 2.45) is 23.7 Å². The van der Waals surface area contributed by atoms with Crippen molar-refractivity contribution in [1.82, 2.24) is 0 Å². The molecular formula is C17H28O. The number of hydrogen-bond donors (Lipinski definition) is 0. The normalized spacial score (nSPS) is 42.1. The Labute approximate surface area is 112 Å². The number of hydrogen-bond acceptors (Lipinski definition) is 1. The molecule has 0 radical (unpaired) electrons. The molecule has 3 rings (SSSR count). The van der Waals surface area contributed by atoms with Gasteiger partial charge in [-0.1, -0.05) is 25.7 Å². The van der Waals surface area contributed by atoms with Crippen LogP contribution in [0.15, 0.2) is 0 Å². The second-order valence-electron chi connectivity index (χ2n) is 7.31. The number of ketones is 1. The number of rotatable bonds is 0. The number of carbonyl (C=O) groups is 1. The number of carbonyl (C=O) groups excluding carboxylic acids is 1. The summed E-state index contributed by atoms with van der Waals surface area (Å²) < 4.78 is 0. The molecule has 102 valence electrons. The van der Waals surface area contributed by atoms with Crippen LogP contribution in [-0.4, -0.2) is 5.78 Å². The molecule has 3 fully saturated rings. The van der Waals surface area contributed by atoms with Gasteiger partial charge in [0.05, 0.1) is 0 Å². The van der Waals surface area contributed by atoms with Crippen molar-refractivity contribution in [2.75, 3.05) is 0 Å². The van der Waals surface area contributed by atoms with E-state index in [9.17, 15) is 4.79 Å². The van der Waals surface area contributed by atoms with Crippen molar-refractivity contribution < 1.29 is 4.79 Å². The van der Waals surface area contributed by atoms with Crippen molar-refractivity contribution in [1.29, 1.82) is 0 Å². The molecule has 0 aliphatic heterocycles. The van der Waals surface area contributed by atoms with E-state index in [1.54, 1.807) is 0 Å². The van der Waals surface area contributed by atoms with Gasteiger partial charge in [0, 0.05) is 12.8 Å². The van der Waals surface area contributed by atoms with Crippen LogP contribution in [-0.2, 0) is 4.79 Å². The van der Waals surface area contributed by atoms with Gasteiger partial charge in [-0.25, -0.2) is 0 Å². The predicted molar refractivity (Wildman–Crippen MR) is 74.4 cm³/mol. The second kappa shape index (κ2) is 5.75. The van der Waals surface area contributed by atoms with E-state index in [-0.39, 0.29) is 0 Å². The third kappa shape index (κ3) is 3.16. The van der Waals surface area contributed by atoms with Gasteiger partial charge in [0.15, 0.2) is 0 Å². The molecule has 1 heteroatoms. The van der Waals surface area contributed by atoms with Crippen LogP contribution in [0.25, 0.3) is 0 Å². The van der Waals surface area contributed by atoms with Crippen molar-refractivity contribution in [3.05, 3.63) is 0 Å². The standard InChI is InChI=1S/C17H28O/c18-17-7-5-15-10-13-3-1-2-4-14(9-13)11-16(12-15)6-8-17/h13-16H,1-12H2. The van der Waals surface area contributed by atoms with Crippen LogP contribution < -0.4 is 0 Å². The van der Waals surface area contributed by atoms with Crippen LogP contribution >= 0.6 is 0 Å². The van der Waals surface area contributed by atoms with Gasteiger partial charge in [0.2, 0.25) is 0 Å². The molecule has 18 heavy (non-hydrogen) atoms. The Bertz CT molecular complexity index is 270. The van der Waals surface area contributed by atoms with Crippen LogP contribution in [0.1, 0.15) is 77.0 Å². The van der Waals surface area contributed by atoms with Crippen molar-refractivity contribution in [3.63, 3.8) is 0 Å². The summed E-state index contributed by atoms with van der Waals surface area (Å²) in [5, 5.41) is 0. The minimum absolute atomic E-state index is 0.549. The number of fused-ring (bicyclic) bond motifs is 4. The maximum atomic E-state index is 11.8. The van der Waals surface area contributed by atoms with Crippen LogP contribution in [0, 0.1) is 23.7 Å².